The largest absolute Gasteiger partial charge is 0.496 e. The molecule has 0 saturated carbocycles. The fourth-order valence-corrected chi connectivity index (χ4v) is 6.28. The van der Waals surface area contributed by atoms with Gasteiger partial charge in [0.2, 0.25) is 11.8 Å². The summed E-state index contributed by atoms with van der Waals surface area (Å²) in [6.07, 6.45) is 4.13. The Labute approximate surface area is 224 Å². The van der Waals surface area contributed by atoms with Crippen molar-refractivity contribution in [2.24, 2.45) is 17.8 Å². The van der Waals surface area contributed by atoms with Crippen molar-refractivity contribution in [3.63, 3.8) is 0 Å². The lowest BCUT2D eigenvalue weighted by atomic mass is 9.92. The van der Waals surface area contributed by atoms with Crippen LogP contribution in [0.1, 0.15) is 51.0 Å². The maximum Gasteiger partial charge on any atom is 0.231 e. The van der Waals surface area contributed by atoms with Crippen LogP contribution in [0.15, 0.2) is 27.1 Å². The summed E-state index contributed by atoms with van der Waals surface area (Å²) in [7, 11) is 1.65. The molecular weight excluding hydrogens is 520 g/mol. The van der Waals surface area contributed by atoms with Gasteiger partial charge in [-0.05, 0) is 92.1 Å². The van der Waals surface area contributed by atoms with Gasteiger partial charge >= 0.3 is 0 Å². The summed E-state index contributed by atoms with van der Waals surface area (Å²) >= 11 is 3.59. The van der Waals surface area contributed by atoms with Crippen molar-refractivity contribution in [2.75, 3.05) is 46.4 Å². The van der Waals surface area contributed by atoms with E-state index in [1.807, 2.05) is 25.1 Å². The van der Waals surface area contributed by atoms with Crippen molar-refractivity contribution in [3.05, 3.63) is 34.1 Å². The van der Waals surface area contributed by atoms with Gasteiger partial charge < -0.3 is 19.4 Å². The van der Waals surface area contributed by atoms with E-state index in [0.29, 0.717) is 5.89 Å². The number of halogens is 1. The van der Waals surface area contributed by atoms with Crippen LogP contribution in [-0.4, -0.2) is 67.1 Å². The van der Waals surface area contributed by atoms with Crippen molar-refractivity contribution in [1.82, 2.24) is 20.1 Å². The number of nitrogens with zero attached hydrogens (tertiary/aromatic N) is 3. The SMILES string of the molecule is COc1cccc(Br)c1-c1nc(CN2CCC(C(=O)NCCCN3C[C@H](C)C[C@H](C)C3)CC2)c(C)o1. The molecule has 2 fully saturated rings. The Morgan fingerprint density at radius 3 is 2.61 bits per heavy atom. The summed E-state index contributed by atoms with van der Waals surface area (Å²) in [6.45, 7) is 13.4. The number of methoxy groups -OCH3 is 1. The maximum atomic E-state index is 12.7. The topological polar surface area (TPSA) is 70.8 Å². The molecule has 2 saturated heterocycles. The van der Waals surface area contributed by atoms with Gasteiger partial charge in [-0.1, -0.05) is 19.9 Å². The molecule has 0 aliphatic carbocycles. The van der Waals surface area contributed by atoms with Crippen LogP contribution in [0.25, 0.3) is 11.5 Å². The monoisotopic (exact) mass is 560 g/mol. The number of likely N-dealkylation sites (tertiary alicyclic amines) is 2. The van der Waals surface area contributed by atoms with E-state index in [-0.39, 0.29) is 11.8 Å². The van der Waals surface area contributed by atoms with E-state index in [1.54, 1.807) is 7.11 Å². The van der Waals surface area contributed by atoms with E-state index in [9.17, 15) is 4.79 Å². The lowest BCUT2D eigenvalue weighted by Crippen LogP contribution is -2.42. The molecule has 2 aliphatic rings. The van der Waals surface area contributed by atoms with Gasteiger partial charge in [-0.15, -0.1) is 0 Å². The number of hydrogen-bond acceptors (Lipinski definition) is 6. The van der Waals surface area contributed by atoms with Crippen LogP contribution in [0.4, 0.5) is 0 Å². The highest BCUT2D eigenvalue weighted by Crippen LogP contribution is 2.37. The fraction of sp³-hybridized carbons (Fsp3) is 0.643. The molecule has 0 unspecified atom stereocenters. The zero-order valence-corrected chi connectivity index (χ0v) is 23.8. The molecule has 0 bridgehead atoms. The average Bonchev–Trinajstić information content (AvgIpc) is 3.20. The van der Waals surface area contributed by atoms with Gasteiger partial charge in [0.1, 0.15) is 11.5 Å². The van der Waals surface area contributed by atoms with Crippen LogP contribution in [0.2, 0.25) is 0 Å². The molecule has 1 amide bonds. The third-order valence-corrected chi connectivity index (χ3v) is 8.19. The zero-order valence-electron chi connectivity index (χ0n) is 22.2. The number of hydrogen-bond donors (Lipinski definition) is 1. The third-order valence-electron chi connectivity index (χ3n) is 7.53. The number of ether oxygens (including phenoxy) is 1. The molecule has 2 aromatic rings. The molecule has 0 radical (unpaired) electrons. The second kappa shape index (κ2) is 12.6. The first-order chi connectivity index (χ1) is 17.3. The Hall–Kier alpha value is -1.90. The molecule has 1 N–H and O–H groups in total. The van der Waals surface area contributed by atoms with Crippen molar-refractivity contribution in [1.29, 1.82) is 0 Å². The summed E-state index contributed by atoms with van der Waals surface area (Å²) in [5.41, 5.74) is 1.76. The van der Waals surface area contributed by atoms with Crippen LogP contribution in [0, 0.1) is 24.7 Å². The molecule has 7 nitrogen and oxygen atoms in total. The number of aromatic nitrogens is 1. The normalized spacial score (nSPS) is 22.0. The van der Waals surface area contributed by atoms with Gasteiger partial charge in [-0.2, -0.15) is 0 Å². The van der Waals surface area contributed by atoms with Gasteiger partial charge in [0.25, 0.3) is 0 Å². The molecule has 198 valence electrons. The lowest BCUT2D eigenvalue weighted by Gasteiger charge is -2.35. The molecule has 2 aliphatic heterocycles. The molecule has 3 heterocycles. The Morgan fingerprint density at radius 2 is 1.92 bits per heavy atom. The summed E-state index contributed by atoms with van der Waals surface area (Å²) in [5.74, 6) is 4.00. The highest BCUT2D eigenvalue weighted by Gasteiger charge is 2.27. The number of piperidine rings is 2. The van der Waals surface area contributed by atoms with Crippen molar-refractivity contribution < 1.29 is 13.9 Å². The average molecular weight is 562 g/mol. The number of amides is 1. The van der Waals surface area contributed by atoms with Crippen molar-refractivity contribution >= 4 is 21.8 Å². The first-order valence-corrected chi connectivity index (χ1v) is 14.1. The predicted molar refractivity (Wildman–Crippen MR) is 146 cm³/mol. The molecule has 1 aromatic carbocycles. The van der Waals surface area contributed by atoms with Crippen molar-refractivity contribution in [2.45, 2.75) is 53.0 Å². The molecule has 1 aromatic heterocycles. The summed E-state index contributed by atoms with van der Waals surface area (Å²) < 4.78 is 12.4. The minimum Gasteiger partial charge on any atom is -0.496 e. The molecule has 4 rings (SSSR count). The van der Waals surface area contributed by atoms with Crippen LogP contribution in [-0.2, 0) is 11.3 Å². The Morgan fingerprint density at radius 1 is 1.19 bits per heavy atom. The summed E-state index contributed by atoms with van der Waals surface area (Å²) in [5, 5.41) is 3.20. The molecule has 8 heteroatoms. The van der Waals surface area contributed by atoms with Crippen LogP contribution < -0.4 is 10.1 Å². The third kappa shape index (κ3) is 6.90. The van der Waals surface area contributed by atoms with Gasteiger partial charge in [0.15, 0.2) is 0 Å². The second-order valence-corrected chi connectivity index (χ2v) is 11.6. The van der Waals surface area contributed by atoms with Crippen LogP contribution in [0.3, 0.4) is 0 Å². The van der Waals surface area contributed by atoms with E-state index in [1.165, 1.54) is 19.5 Å². The minimum absolute atomic E-state index is 0.106. The van der Waals surface area contributed by atoms with Crippen LogP contribution in [0.5, 0.6) is 5.75 Å². The van der Waals surface area contributed by atoms with Gasteiger partial charge in [0.05, 0.1) is 18.4 Å². The Bertz CT molecular complexity index is 1010. The van der Waals surface area contributed by atoms with Gasteiger partial charge in [0, 0.05) is 36.6 Å². The van der Waals surface area contributed by atoms with E-state index in [0.717, 1.165) is 91.1 Å². The smallest absolute Gasteiger partial charge is 0.231 e. The fourth-order valence-electron chi connectivity index (χ4n) is 5.76. The van der Waals surface area contributed by atoms with E-state index >= 15 is 0 Å². The molecule has 0 spiro atoms. The number of benzene rings is 1. The number of carbonyl (C=O) groups is 1. The molecule has 2 atom stereocenters. The zero-order chi connectivity index (χ0) is 25.7. The Balaban J connectivity index is 1.21. The molecule has 36 heavy (non-hydrogen) atoms. The van der Waals surface area contributed by atoms with E-state index in [4.69, 9.17) is 14.1 Å². The number of rotatable bonds is 9. The highest BCUT2D eigenvalue weighted by molar-refractivity contribution is 9.10. The van der Waals surface area contributed by atoms with E-state index in [2.05, 4.69) is 44.9 Å². The summed E-state index contributed by atoms with van der Waals surface area (Å²) in [4.78, 5) is 22.5. The van der Waals surface area contributed by atoms with Crippen molar-refractivity contribution in [3.8, 4) is 17.2 Å². The van der Waals surface area contributed by atoms with Gasteiger partial charge in [-0.3, -0.25) is 9.69 Å². The lowest BCUT2D eigenvalue weighted by molar-refractivity contribution is -0.126. The number of oxazole rings is 1. The van der Waals surface area contributed by atoms with E-state index < -0.39 is 0 Å². The first-order valence-electron chi connectivity index (χ1n) is 13.4. The highest BCUT2D eigenvalue weighted by atomic mass is 79.9. The number of carbonyl (C=O) groups excluding carboxylic acids is 1. The quantitative estimate of drug-likeness (QED) is 0.429. The number of aryl methyl sites for hydroxylation is 1. The summed E-state index contributed by atoms with van der Waals surface area (Å²) in [6, 6.07) is 5.80. The van der Waals surface area contributed by atoms with Crippen LogP contribution >= 0.6 is 15.9 Å². The minimum atomic E-state index is 0.106. The number of nitrogens with one attached hydrogen (secondary N) is 1. The predicted octanol–water partition coefficient (Wildman–Crippen LogP) is 5.12. The maximum absolute atomic E-state index is 12.7. The first kappa shape index (κ1) is 27.1. The second-order valence-electron chi connectivity index (χ2n) is 10.7. The molecular formula is C28H41BrN4O3. The van der Waals surface area contributed by atoms with Gasteiger partial charge in [-0.25, -0.2) is 4.98 Å². The Kier molecular flexibility index (Phi) is 9.47. The standard InChI is InChI=1S/C28H41BrN4O3/c1-19-15-20(2)17-33(16-19)12-6-11-30-27(34)22-9-13-32(14-10-22)18-24-21(3)36-28(31-24)26-23(29)7-5-8-25(26)35-4/h5,7-8,19-20,22H,6,9-18H2,1-4H3,(H,30,34)/t19-,20+.